The Morgan fingerprint density at radius 3 is 2.50 bits per heavy atom. The van der Waals surface area contributed by atoms with Gasteiger partial charge in [-0.2, -0.15) is 0 Å². The second-order valence-corrected chi connectivity index (χ2v) is 3.15. The van der Waals surface area contributed by atoms with Gasteiger partial charge in [-0.05, 0) is 18.8 Å². The van der Waals surface area contributed by atoms with Gasteiger partial charge in [-0.15, -0.1) is 0 Å². The zero-order chi connectivity index (χ0) is 7.56. The molecule has 0 aromatic carbocycles. The summed E-state index contributed by atoms with van der Waals surface area (Å²) in [5, 5.41) is 0. The van der Waals surface area contributed by atoms with Crippen molar-refractivity contribution in [2.24, 2.45) is 5.92 Å². The van der Waals surface area contributed by atoms with Gasteiger partial charge >= 0.3 is 0 Å². The highest BCUT2D eigenvalue weighted by molar-refractivity contribution is 7.09. The first-order valence-electron chi connectivity index (χ1n) is 3.49. The van der Waals surface area contributed by atoms with Gasteiger partial charge in [0.15, 0.2) is 0 Å². The van der Waals surface area contributed by atoms with E-state index < -0.39 is 0 Å². The van der Waals surface area contributed by atoms with Crippen molar-refractivity contribution in [2.45, 2.75) is 32.0 Å². The molecule has 0 heterocycles. The molecule has 0 amide bonds. The first kappa shape index (κ1) is 8.51. The normalized spacial score (nSPS) is 40.4. The molecule has 2 radical (unpaired) electrons. The zero-order valence-electron chi connectivity index (χ0n) is 6.12. The molecule has 0 aromatic rings. The van der Waals surface area contributed by atoms with Gasteiger partial charge in [0.25, 0.3) is 8.05 Å². The third-order valence-corrected chi connectivity index (χ3v) is 2.52. The van der Waals surface area contributed by atoms with E-state index in [4.69, 9.17) is 17.2 Å². The van der Waals surface area contributed by atoms with E-state index in [1.165, 1.54) is 0 Å². The highest BCUT2D eigenvalue weighted by Gasteiger charge is 2.30. The van der Waals surface area contributed by atoms with Gasteiger partial charge in [0.2, 0.25) is 0 Å². The molecule has 1 saturated carbocycles. The third-order valence-electron chi connectivity index (χ3n) is 2.13. The van der Waals surface area contributed by atoms with Crippen molar-refractivity contribution < 1.29 is 9.18 Å². The second-order valence-electron chi connectivity index (χ2n) is 2.88. The molecule has 10 heavy (non-hydrogen) atoms. The number of hydrogen-bond acceptors (Lipinski definition) is 2. The molecule has 1 aliphatic rings. The maximum absolute atomic E-state index is 5.09. The fourth-order valence-electron chi connectivity index (χ4n) is 1.45. The molecule has 0 aromatic heterocycles. The molecule has 2 nitrogen and oxygen atoms in total. The molecule has 56 valence electrons. The maximum Gasteiger partial charge on any atom is 0.283 e. The third kappa shape index (κ3) is 1.72. The van der Waals surface area contributed by atoms with Crippen molar-refractivity contribution >= 4 is 17.5 Å². The second kappa shape index (κ2) is 3.70. The van der Waals surface area contributed by atoms with E-state index in [9.17, 15) is 0 Å². The molecule has 1 fully saturated rings. The Labute approximate surface area is 65.4 Å². The summed E-state index contributed by atoms with van der Waals surface area (Å²) in [6.07, 6.45) is 2.46. The summed E-state index contributed by atoms with van der Waals surface area (Å²) in [5.74, 6) is 0.524. The van der Waals surface area contributed by atoms with Gasteiger partial charge in [0.05, 0.1) is 6.10 Å². The Hall–Kier alpha value is 0.415. The van der Waals surface area contributed by atoms with Gasteiger partial charge in [-0.25, -0.2) is 0 Å². The van der Waals surface area contributed by atoms with Gasteiger partial charge in [0.1, 0.15) is 0 Å². The Bertz CT molecular complexity index is 112. The summed E-state index contributed by atoms with van der Waals surface area (Å²) in [4.78, 5) is 0. The van der Waals surface area contributed by atoms with E-state index in [1.807, 2.05) is 0 Å². The molecule has 0 bridgehead atoms. The van der Waals surface area contributed by atoms with Crippen LogP contribution >= 0.6 is 9.47 Å². The van der Waals surface area contributed by atoms with E-state index in [1.54, 1.807) is 0 Å². The summed E-state index contributed by atoms with van der Waals surface area (Å²) in [7, 11) is 7.36. The zero-order valence-corrected chi connectivity index (χ0v) is 7.27. The lowest BCUT2D eigenvalue weighted by Crippen LogP contribution is -2.13. The summed E-state index contributed by atoms with van der Waals surface area (Å²) in [6.45, 7) is 2.13. The van der Waals surface area contributed by atoms with Crippen LogP contribution in [-0.2, 0) is 9.18 Å². The van der Waals surface area contributed by atoms with Crippen molar-refractivity contribution in [3.05, 3.63) is 0 Å². The summed E-state index contributed by atoms with van der Waals surface area (Å²) in [5.41, 5.74) is 0. The number of hydrogen-bond donors (Lipinski definition) is 0. The van der Waals surface area contributed by atoms with Crippen molar-refractivity contribution in [1.82, 2.24) is 0 Å². The van der Waals surface area contributed by atoms with Crippen molar-refractivity contribution in [1.29, 1.82) is 0 Å². The molecule has 1 aliphatic carbocycles. The largest absolute Gasteiger partial charge is 0.445 e. The lowest BCUT2D eigenvalue weighted by molar-refractivity contribution is 0.172. The van der Waals surface area contributed by atoms with Gasteiger partial charge in [-0.1, -0.05) is 6.92 Å². The van der Waals surface area contributed by atoms with Crippen LogP contribution in [0.25, 0.3) is 0 Å². The van der Waals surface area contributed by atoms with E-state index in [-0.39, 0.29) is 6.10 Å². The van der Waals surface area contributed by atoms with Gasteiger partial charge in [0, 0.05) is 15.6 Å². The molecule has 1 unspecified atom stereocenters. The van der Waals surface area contributed by atoms with Crippen LogP contribution in [-0.4, -0.2) is 20.3 Å². The van der Waals surface area contributed by atoms with E-state index >= 15 is 0 Å². The van der Waals surface area contributed by atoms with Crippen molar-refractivity contribution in [3.63, 3.8) is 0 Å². The molecule has 1 rings (SSSR count). The average Bonchev–Trinajstić information content (AvgIpc) is 2.30. The van der Waals surface area contributed by atoms with E-state index in [0.29, 0.717) is 12.0 Å². The highest BCUT2D eigenvalue weighted by atomic mass is 31.0. The predicted molar refractivity (Wildman–Crippen MR) is 43.6 cm³/mol. The first-order valence-corrected chi connectivity index (χ1v) is 3.96. The summed E-state index contributed by atoms with van der Waals surface area (Å²) in [6, 6.07) is 0. The van der Waals surface area contributed by atoms with Crippen LogP contribution in [0.1, 0.15) is 19.8 Å². The standard InChI is InChI=1S/C6H12BO2P/c1-4-2-5(9-10)3-6(4)8-7/h4-6H,2-3,10H2,1H3/t4-,5-,6-/m0/s1. The minimum absolute atomic E-state index is 0.186. The summed E-state index contributed by atoms with van der Waals surface area (Å²) >= 11 is 0. The molecule has 4 heteroatoms. The fraction of sp³-hybridized carbons (Fsp3) is 1.00. The van der Waals surface area contributed by atoms with Crippen LogP contribution < -0.4 is 0 Å². The molecule has 4 atom stereocenters. The SMILES string of the molecule is [B]O[C@H]1C[C@@H](OP)C[C@@H]1C. The van der Waals surface area contributed by atoms with Crippen molar-refractivity contribution in [2.75, 3.05) is 0 Å². The van der Waals surface area contributed by atoms with Crippen LogP contribution in [0.2, 0.25) is 0 Å². The Morgan fingerprint density at radius 2 is 2.20 bits per heavy atom. The minimum atomic E-state index is 0.186. The van der Waals surface area contributed by atoms with Gasteiger partial charge in [-0.3, -0.25) is 0 Å². The Balaban J connectivity index is 2.36. The highest BCUT2D eigenvalue weighted by Crippen LogP contribution is 2.30. The van der Waals surface area contributed by atoms with Crippen LogP contribution in [0.5, 0.6) is 0 Å². The lowest BCUT2D eigenvalue weighted by Gasteiger charge is -2.12. The minimum Gasteiger partial charge on any atom is -0.445 e. The molecule has 0 saturated heterocycles. The van der Waals surface area contributed by atoms with Crippen LogP contribution in [0.4, 0.5) is 0 Å². The molecule has 0 N–H and O–H groups in total. The lowest BCUT2D eigenvalue weighted by atomic mass is 10.1. The van der Waals surface area contributed by atoms with E-state index in [0.717, 1.165) is 12.8 Å². The quantitative estimate of drug-likeness (QED) is 0.441. The predicted octanol–water partition coefficient (Wildman–Crippen LogP) is 1.06. The first-order chi connectivity index (χ1) is 4.77. The number of rotatable bonds is 2. The average molecular weight is 158 g/mol. The van der Waals surface area contributed by atoms with Gasteiger partial charge < -0.3 is 9.18 Å². The molecule has 0 spiro atoms. The monoisotopic (exact) mass is 158 g/mol. The van der Waals surface area contributed by atoms with Crippen molar-refractivity contribution in [3.8, 4) is 0 Å². The summed E-state index contributed by atoms with van der Waals surface area (Å²) < 4.78 is 9.86. The van der Waals surface area contributed by atoms with Crippen LogP contribution in [0, 0.1) is 5.92 Å². The Kier molecular flexibility index (Phi) is 3.15. The Morgan fingerprint density at radius 1 is 1.50 bits per heavy atom. The topological polar surface area (TPSA) is 18.5 Å². The van der Waals surface area contributed by atoms with Crippen LogP contribution in [0.3, 0.4) is 0 Å². The molecular weight excluding hydrogens is 146 g/mol. The maximum atomic E-state index is 5.09. The molecular formula is C6H12BO2P. The molecule has 0 aliphatic heterocycles. The van der Waals surface area contributed by atoms with E-state index in [2.05, 4.69) is 16.4 Å². The fourth-order valence-corrected chi connectivity index (χ4v) is 1.68. The smallest absolute Gasteiger partial charge is 0.283 e. The van der Waals surface area contributed by atoms with Crippen LogP contribution in [0.15, 0.2) is 0 Å².